The van der Waals surface area contributed by atoms with Crippen LogP contribution in [0.5, 0.6) is 0 Å². The molecule has 214 valence electrons. The van der Waals surface area contributed by atoms with Crippen LogP contribution in [0.3, 0.4) is 0 Å². The van der Waals surface area contributed by atoms with Gasteiger partial charge in [0, 0.05) is 0 Å². The maximum Gasteiger partial charge on any atom is 0.426 e. The van der Waals surface area contributed by atoms with Gasteiger partial charge in [0.25, 0.3) is 6.43 Å². The average molecular weight is 588 g/mol. The number of carboxylic acid groups (broad SMARTS) is 1. The Morgan fingerprint density at radius 3 is 1.22 bits per heavy atom. The fourth-order valence-corrected chi connectivity index (χ4v) is 1.80. The van der Waals surface area contributed by atoms with Crippen molar-refractivity contribution in [3.8, 4) is 0 Å². The molecule has 36 heavy (non-hydrogen) atoms. The normalized spacial score (nSPS) is 16.4. The van der Waals surface area contributed by atoms with Crippen molar-refractivity contribution in [2.45, 2.75) is 54.0 Å². The van der Waals surface area contributed by atoms with Gasteiger partial charge in [-0.2, -0.15) is 70.2 Å². The summed E-state index contributed by atoms with van der Waals surface area (Å²) in [7, 11) is 0. The van der Waals surface area contributed by atoms with Gasteiger partial charge in [0.15, 0.2) is 6.61 Å². The summed E-state index contributed by atoms with van der Waals surface area (Å²) in [5.41, 5.74) is 0. The molecule has 0 amide bonds. The van der Waals surface area contributed by atoms with E-state index in [0.29, 0.717) is 0 Å². The summed E-state index contributed by atoms with van der Waals surface area (Å²) in [6.07, 6.45) is -12.5. The van der Waals surface area contributed by atoms with Gasteiger partial charge < -0.3 is 9.84 Å². The molecule has 23 heteroatoms. The van der Waals surface area contributed by atoms with E-state index in [1.54, 1.807) is 0 Å². The molecular formula is C13H4F20O3. The van der Waals surface area contributed by atoms with Crippen molar-refractivity contribution in [3.05, 3.63) is 11.7 Å². The lowest BCUT2D eigenvalue weighted by Gasteiger charge is -2.43. The number of hydrogen-bond acceptors (Lipinski definition) is 2. The summed E-state index contributed by atoms with van der Waals surface area (Å²) in [4.78, 5) is 9.94. The van der Waals surface area contributed by atoms with E-state index in [0.717, 1.165) is 0 Å². The zero-order chi connectivity index (χ0) is 29.7. The third-order valence-corrected chi connectivity index (χ3v) is 3.79. The van der Waals surface area contributed by atoms with Crippen molar-refractivity contribution in [1.29, 1.82) is 0 Å². The van der Waals surface area contributed by atoms with Crippen molar-refractivity contribution in [2.75, 3.05) is 6.61 Å². The molecule has 0 spiro atoms. The summed E-state index contributed by atoms with van der Waals surface area (Å²) in [5.74, 6) is -72.7. The minimum atomic E-state index is -9.04. The van der Waals surface area contributed by atoms with Gasteiger partial charge in [0.1, 0.15) is 0 Å². The Kier molecular flexibility index (Phi) is 8.69. The summed E-state index contributed by atoms with van der Waals surface area (Å²) in [6.45, 7) is -2.79. The molecule has 0 atom stereocenters. The molecule has 0 bridgehead atoms. The predicted molar refractivity (Wildman–Crippen MR) is 68.4 cm³/mol. The first kappa shape index (κ1) is 33.8. The van der Waals surface area contributed by atoms with Crippen molar-refractivity contribution in [2.24, 2.45) is 0 Å². The molecule has 0 aliphatic carbocycles. The SMILES string of the molecule is O=C(O)COC(F)(F)C(F)(F)C(F)(F)C(F)(F)C(F)(F)C(F)(F)C(F)(F)C(F)(F)C(F)=C(F)C(F)F. The third kappa shape index (κ3) is 4.61. The maximum atomic E-state index is 13.5. The molecule has 3 nitrogen and oxygen atoms in total. The molecule has 0 aliphatic heterocycles. The van der Waals surface area contributed by atoms with Gasteiger partial charge in [0.05, 0.1) is 0 Å². The van der Waals surface area contributed by atoms with Crippen LogP contribution >= 0.6 is 0 Å². The summed E-state index contributed by atoms with van der Waals surface area (Å²) >= 11 is 0. The molecule has 0 aromatic rings. The van der Waals surface area contributed by atoms with E-state index in [1.807, 2.05) is 0 Å². The number of halogens is 20. The van der Waals surface area contributed by atoms with Gasteiger partial charge in [-0.25, -0.2) is 22.4 Å². The summed E-state index contributed by atoms with van der Waals surface area (Å²) < 4.78 is 264. The fourth-order valence-electron chi connectivity index (χ4n) is 1.80. The Bertz CT molecular complexity index is 859. The van der Waals surface area contributed by atoms with Gasteiger partial charge in [-0.3, -0.25) is 0 Å². The van der Waals surface area contributed by atoms with Gasteiger partial charge >= 0.3 is 53.5 Å². The molecule has 0 saturated heterocycles. The molecule has 0 rings (SSSR count). The maximum absolute atomic E-state index is 13.5. The average Bonchev–Trinajstić information content (AvgIpc) is 2.69. The Labute approximate surface area is 182 Å². The largest absolute Gasteiger partial charge is 0.480 e. The van der Waals surface area contributed by atoms with E-state index in [4.69, 9.17) is 5.11 Å². The molecule has 0 aliphatic rings. The second-order valence-corrected chi connectivity index (χ2v) is 6.18. The monoisotopic (exact) mass is 588 g/mol. The lowest BCUT2D eigenvalue weighted by atomic mass is 9.88. The fraction of sp³-hybridized carbons (Fsp3) is 0.769. The van der Waals surface area contributed by atoms with Crippen LogP contribution in [-0.2, 0) is 9.53 Å². The highest BCUT2D eigenvalue weighted by atomic mass is 19.4. The number of hydrogen-bond donors (Lipinski definition) is 1. The highest BCUT2D eigenvalue weighted by molar-refractivity contribution is 5.68. The highest BCUT2D eigenvalue weighted by Gasteiger charge is 2.95. The van der Waals surface area contributed by atoms with E-state index in [1.165, 1.54) is 0 Å². The van der Waals surface area contributed by atoms with Crippen LogP contribution in [0.2, 0.25) is 0 Å². The number of ether oxygens (including phenoxy) is 1. The molecule has 0 aromatic heterocycles. The Hall–Kier alpha value is -2.23. The van der Waals surface area contributed by atoms with Crippen molar-refractivity contribution in [1.82, 2.24) is 0 Å². The van der Waals surface area contributed by atoms with Crippen LogP contribution in [-0.4, -0.2) is 71.7 Å². The lowest BCUT2D eigenvalue weighted by Crippen LogP contribution is -2.75. The van der Waals surface area contributed by atoms with Crippen LogP contribution in [0.4, 0.5) is 87.8 Å². The second-order valence-electron chi connectivity index (χ2n) is 6.18. The Morgan fingerprint density at radius 1 is 0.611 bits per heavy atom. The smallest absolute Gasteiger partial charge is 0.426 e. The topological polar surface area (TPSA) is 46.5 Å². The first-order valence-electron chi connectivity index (χ1n) is 7.65. The first-order chi connectivity index (χ1) is 15.4. The number of carboxylic acids is 1. The molecular weight excluding hydrogens is 584 g/mol. The van der Waals surface area contributed by atoms with Crippen LogP contribution in [0, 0.1) is 0 Å². The third-order valence-electron chi connectivity index (χ3n) is 3.79. The van der Waals surface area contributed by atoms with E-state index >= 15 is 0 Å². The molecule has 0 heterocycles. The predicted octanol–water partition coefficient (Wildman–Crippen LogP) is 6.54. The first-order valence-corrected chi connectivity index (χ1v) is 7.65. The number of carbonyl (C=O) groups is 1. The lowest BCUT2D eigenvalue weighted by molar-refractivity contribution is -0.471. The van der Waals surface area contributed by atoms with Crippen LogP contribution < -0.4 is 0 Å². The van der Waals surface area contributed by atoms with Crippen molar-refractivity contribution >= 4 is 5.97 Å². The standard InChI is InChI=1S/C13H4F20O3/c14-3(5(16)17)4(15)6(18,19)7(20,21)8(22,23)9(24,25)10(26,27)11(28,29)12(30,31)13(32,33)36-1-2(34)35/h5H,1H2,(H,34,35). The van der Waals surface area contributed by atoms with Crippen molar-refractivity contribution in [3.63, 3.8) is 0 Å². The van der Waals surface area contributed by atoms with E-state index in [2.05, 4.69) is 4.74 Å². The van der Waals surface area contributed by atoms with Crippen LogP contribution in [0.25, 0.3) is 0 Å². The highest BCUT2D eigenvalue weighted by Crippen LogP contribution is 2.64. The van der Waals surface area contributed by atoms with Gasteiger partial charge in [-0.05, 0) is 0 Å². The number of aliphatic carboxylic acids is 1. The molecule has 0 saturated carbocycles. The molecule has 0 radical (unpaired) electrons. The van der Waals surface area contributed by atoms with Crippen molar-refractivity contribution < 1.29 is 102 Å². The minimum Gasteiger partial charge on any atom is -0.480 e. The van der Waals surface area contributed by atoms with Gasteiger partial charge in [-0.1, -0.05) is 0 Å². The molecule has 1 N–H and O–H groups in total. The minimum absolute atomic E-state index is 2.27. The molecule has 0 aromatic carbocycles. The van der Waals surface area contributed by atoms with E-state index in [9.17, 15) is 92.6 Å². The summed E-state index contributed by atoms with van der Waals surface area (Å²) in [6, 6.07) is 0. The second kappa shape index (κ2) is 9.26. The van der Waals surface area contributed by atoms with E-state index < -0.39 is 78.2 Å². The summed E-state index contributed by atoms with van der Waals surface area (Å²) in [5, 5.41) is 7.90. The number of rotatable bonds is 12. The number of alkyl halides is 18. The molecule has 0 unspecified atom stereocenters. The Morgan fingerprint density at radius 2 is 0.917 bits per heavy atom. The Balaban J connectivity index is 6.94. The van der Waals surface area contributed by atoms with Gasteiger partial charge in [-0.15, -0.1) is 0 Å². The van der Waals surface area contributed by atoms with Gasteiger partial charge in [0.2, 0.25) is 11.7 Å². The van der Waals surface area contributed by atoms with E-state index in [-0.39, 0.29) is 0 Å². The van der Waals surface area contributed by atoms with Crippen LogP contribution in [0.15, 0.2) is 11.7 Å². The van der Waals surface area contributed by atoms with Crippen LogP contribution in [0.1, 0.15) is 0 Å². The quantitative estimate of drug-likeness (QED) is 0.264. The number of allylic oxidation sites excluding steroid dienone is 2. The zero-order valence-corrected chi connectivity index (χ0v) is 15.6. The molecule has 0 fully saturated rings. The zero-order valence-electron chi connectivity index (χ0n) is 15.6.